The lowest BCUT2D eigenvalue weighted by molar-refractivity contribution is -0.421. The van der Waals surface area contributed by atoms with Crippen molar-refractivity contribution < 1.29 is 13.9 Å². The summed E-state index contributed by atoms with van der Waals surface area (Å²) in [6.45, 7) is 0. The summed E-state index contributed by atoms with van der Waals surface area (Å²) in [6.07, 6.45) is 3.51. The third-order valence-electron chi connectivity index (χ3n) is 2.78. The maximum Gasteiger partial charge on any atom is 0.274 e. The Kier molecular flexibility index (Phi) is 1.92. The zero-order chi connectivity index (χ0) is 12.0. The van der Waals surface area contributed by atoms with Gasteiger partial charge < -0.3 is 0 Å². The van der Waals surface area contributed by atoms with E-state index in [1.807, 2.05) is 0 Å². The predicted octanol–water partition coefficient (Wildman–Crippen LogP) is 2.75. The van der Waals surface area contributed by atoms with Gasteiger partial charge >= 0.3 is 0 Å². The van der Waals surface area contributed by atoms with Gasteiger partial charge in [-0.25, -0.2) is 4.39 Å². The molecule has 0 unspecified atom stereocenters. The monoisotopic (exact) mass is 228 g/mol. The number of halogens is 1. The highest BCUT2D eigenvalue weighted by molar-refractivity contribution is 6.16. The number of nitrogens with zero attached hydrogens (tertiary/aromatic N) is 1. The van der Waals surface area contributed by atoms with Crippen molar-refractivity contribution >= 4 is 11.9 Å². The second-order valence-electron chi connectivity index (χ2n) is 3.84. The van der Waals surface area contributed by atoms with Crippen LogP contribution in [0.4, 0.5) is 4.39 Å². The van der Waals surface area contributed by atoms with Crippen molar-refractivity contribution in [3.63, 3.8) is 0 Å². The second-order valence-corrected chi connectivity index (χ2v) is 3.84. The molecule has 0 saturated carbocycles. The molecule has 0 spiro atoms. The zero-order valence-electron chi connectivity index (χ0n) is 8.68. The van der Waals surface area contributed by atoms with Gasteiger partial charge in [-0.3, -0.25) is 4.79 Å². The average Bonchev–Trinajstić information content (AvgIpc) is 2.31. The highest BCUT2D eigenvalue weighted by atomic mass is 19.1. The number of hydrogen-bond acceptors (Lipinski definition) is 2. The molecule has 3 nitrogen and oxygen atoms in total. The first-order valence-electron chi connectivity index (χ1n) is 5.08. The summed E-state index contributed by atoms with van der Waals surface area (Å²) >= 11 is 0. The number of benzene rings is 1. The summed E-state index contributed by atoms with van der Waals surface area (Å²) in [6, 6.07) is 6.93. The number of allylic oxidation sites excluding steroid dienone is 3. The molecule has 0 radical (unpaired) electrons. The standard InChI is InChI=1S/C13H7FNO2/c14-9-6-11-12(15(17)7-9)5-8-3-1-2-4-10(8)13(11)16/h1-7H/q+1. The van der Waals surface area contributed by atoms with Gasteiger partial charge in [0.05, 0.1) is 4.76 Å². The van der Waals surface area contributed by atoms with Crippen molar-refractivity contribution in [3.8, 4) is 0 Å². The fraction of sp³-hybridized carbons (Fsp3) is 0. The molecule has 0 atom stereocenters. The third-order valence-corrected chi connectivity index (χ3v) is 2.78. The minimum absolute atomic E-state index is 0.110. The molecule has 0 fully saturated rings. The normalized spacial score (nSPS) is 17.8. The molecule has 0 saturated heterocycles. The highest BCUT2D eigenvalue weighted by Gasteiger charge is 2.36. The van der Waals surface area contributed by atoms with Gasteiger partial charge in [-0.1, -0.05) is 24.3 Å². The lowest BCUT2D eigenvalue weighted by atomic mass is 9.89. The van der Waals surface area contributed by atoms with Crippen LogP contribution < -0.4 is 0 Å². The molecule has 17 heavy (non-hydrogen) atoms. The summed E-state index contributed by atoms with van der Waals surface area (Å²) in [5, 5.41) is 0. The summed E-state index contributed by atoms with van der Waals surface area (Å²) in [4.78, 5) is 23.6. The molecule has 3 rings (SSSR count). The van der Waals surface area contributed by atoms with Gasteiger partial charge in [-0.05, 0) is 11.6 Å². The Morgan fingerprint density at radius 3 is 2.71 bits per heavy atom. The summed E-state index contributed by atoms with van der Waals surface area (Å²) in [5.41, 5.74) is 1.47. The number of carbonyl (C=O) groups excluding carboxylic acids is 1. The molecule has 1 aliphatic heterocycles. The Morgan fingerprint density at radius 1 is 1.12 bits per heavy atom. The molecular weight excluding hydrogens is 221 g/mol. The van der Waals surface area contributed by atoms with Crippen molar-refractivity contribution in [1.82, 2.24) is 0 Å². The number of hydrogen-bond donors (Lipinski definition) is 0. The number of nitroso groups, excluding NO2 is 1. The van der Waals surface area contributed by atoms with Crippen molar-refractivity contribution in [2.45, 2.75) is 0 Å². The number of rotatable bonds is 0. The molecule has 1 heterocycles. The number of ketones is 1. The fourth-order valence-corrected chi connectivity index (χ4v) is 1.99. The van der Waals surface area contributed by atoms with E-state index in [-0.39, 0.29) is 17.1 Å². The first-order valence-corrected chi connectivity index (χ1v) is 5.08. The SMILES string of the molecule is O=C1C2=CC(F)=C[N+](=O)C2=Cc2ccccc21. The lowest BCUT2D eigenvalue weighted by Gasteiger charge is -2.13. The van der Waals surface area contributed by atoms with Crippen LogP contribution in [0.3, 0.4) is 0 Å². The molecule has 0 N–H and O–H groups in total. The van der Waals surface area contributed by atoms with E-state index in [4.69, 9.17) is 0 Å². The number of carbonyl (C=O) groups is 1. The van der Waals surface area contributed by atoms with Crippen LogP contribution in [-0.4, -0.2) is 10.5 Å². The molecular formula is C13H7FNO2+. The van der Waals surface area contributed by atoms with Gasteiger partial charge in [-0.2, -0.15) is 0 Å². The van der Waals surface area contributed by atoms with Crippen molar-refractivity contribution in [2.24, 2.45) is 0 Å². The van der Waals surface area contributed by atoms with Crippen molar-refractivity contribution in [1.29, 1.82) is 0 Å². The quantitative estimate of drug-likeness (QED) is 0.640. The van der Waals surface area contributed by atoms with Gasteiger partial charge in [0.15, 0.2) is 5.83 Å². The van der Waals surface area contributed by atoms with Gasteiger partial charge in [0, 0.05) is 16.5 Å². The smallest absolute Gasteiger partial charge is 0.274 e. The van der Waals surface area contributed by atoms with Crippen molar-refractivity contribution in [3.05, 3.63) is 69.7 Å². The summed E-state index contributed by atoms with van der Waals surface area (Å²) in [5.74, 6) is -1.03. The largest absolute Gasteiger partial charge is 0.288 e. The van der Waals surface area contributed by atoms with Crippen LogP contribution in [0.25, 0.3) is 6.08 Å². The molecule has 0 bridgehead atoms. The first kappa shape index (κ1) is 9.84. The van der Waals surface area contributed by atoms with E-state index >= 15 is 0 Å². The Hall–Kier alpha value is -2.36. The summed E-state index contributed by atoms with van der Waals surface area (Å²) < 4.78 is 13.5. The van der Waals surface area contributed by atoms with Crippen LogP contribution in [0.2, 0.25) is 0 Å². The average molecular weight is 228 g/mol. The van der Waals surface area contributed by atoms with E-state index < -0.39 is 5.83 Å². The van der Waals surface area contributed by atoms with Crippen LogP contribution >= 0.6 is 0 Å². The maximum atomic E-state index is 13.1. The Morgan fingerprint density at radius 2 is 1.88 bits per heavy atom. The van der Waals surface area contributed by atoms with Crippen LogP contribution in [0.1, 0.15) is 15.9 Å². The topological polar surface area (TPSA) is 37.1 Å². The van der Waals surface area contributed by atoms with Gasteiger partial charge in [0.1, 0.15) is 5.57 Å². The van der Waals surface area contributed by atoms with E-state index in [1.165, 1.54) is 0 Å². The maximum absolute atomic E-state index is 13.1. The predicted molar refractivity (Wildman–Crippen MR) is 59.7 cm³/mol. The minimum Gasteiger partial charge on any atom is -0.288 e. The molecule has 1 aromatic rings. The Bertz CT molecular complexity index is 653. The molecule has 0 aromatic heterocycles. The van der Waals surface area contributed by atoms with E-state index in [9.17, 15) is 14.1 Å². The van der Waals surface area contributed by atoms with Gasteiger partial charge in [0.25, 0.3) is 11.9 Å². The van der Waals surface area contributed by atoms with E-state index in [2.05, 4.69) is 0 Å². The molecule has 2 aliphatic rings. The van der Waals surface area contributed by atoms with Crippen molar-refractivity contribution in [2.75, 3.05) is 0 Å². The van der Waals surface area contributed by atoms with Gasteiger partial charge in [0.2, 0.25) is 5.78 Å². The molecule has 1 aliphatic carbocycles. The summed E-state index contributed by atoms with van der Waals surface area (Å²) in [7, 11) is 0. The van der Waals surface area contributed by atoms with Crippen LogP contribution in [0.5, 0.6) is 0 Å². The second kappa shape index (κ2) is 3.31. The molecule has 4 heteroatoms. The lowest BCUT2D eigenvalue weighted by Crippen LogP contribution is -2.19. The zero-order valence-corrected chi connectivity index (χ0v) is 8.68. The molecule has 82 valence electrons. The van der Waals surface area contributed by atoms with Crippen LogP contribution in [-0.2, 0) is 0 Å². The number of fused-ring (bicyclic) bond motifs is 2. The van der Waals surface area contributed by atoms with E-state index in [1.54, 1.807) is 30.3 Å². The highest BCUT2D eigenvalue weighted by Crippen LogP contribution is 2.32. The Labute approximate surface area is 96.1 Å². The van der Waals surface area contributed by atoms with Crippen LogP contribution in [0.15, 0.2) is 53.6 Å². The minimum atomic E-state index is -0.708. The first-order chi connectivity index (χ1) is 8.16. The Balaban J connectivity index is 2.28. The fourth-order valence-electron chi connectivity index (χ4n) is 1.99. The van der Waals surface area contributed by atoms with E-state index in [0.717, 1.165) is 12.3 Å². The van der Waals surface area contributed by atoms with E-state index in [0.29, 0.717) is 15.9 Å². The molecule has 0 amide bonds. The van der Waals surface area contributed by atoms with Gasteiger partial charge in [-0.15, -0.1) is 0 Å². The third kappa shape index (κ3) is 1.38. The number of Topliss-reactive ketones (excluding diaryl/α,β-unsaturated/α-hetero) is 1. The molecule has 1 aromatic carbocycles. The van der Waals surface area contributed by atoms with Crippen LogP contribution in [0, 0.1) is 4.91 Å².